The Hall–Kier alpha value is -1.56. The summed E-state index contributed by atoms with van der Waals surface area (Å²) in [4.78, 5) is 17.6. The van der Waals surface area contributed by atoms with Gasteiger partial charge in [0.1, 0.15) is 5.75 Å². The molecule has 1 amide bonds. The third-order valence-electron chi connectivity index (χ3n) is 4.10. The normalized spacial score (nSPS) is 18.1. The smallest absolute Gasteiger partial charge is 0.259 e. The number of sulfone groups is 1. The van der Waals surface area contributed by atoms with E-state index in [0.29, 0.717) is 31.2 Å². The van der Waals surface area contributed by atoms with Gasteiger partial charge >= 0.3 is 0 Å². The van der Waals surface area contributed by atoms with Crippen molar-refractivity contribution in [3.63, 3.8) is 0 Å². The van der Waals surface area contributed by atoms with Gasteiger partial charge in [0, 0.05) is 26.7 Å². The summed E-state index contributed by atoms with van der Waals surface area (Å²) >= 11 is 0. The topological polar surface area (TPSA) is 100 Å². The van der Waals surface area contributed by atoms with Crippen molar-refractivity contribution in [2.75, 3.05) is 38.8 Å². The Balaban J connectivity index is 0.00000392. The van der Waals surface area contributed by atoms with Gasteiger partial charge in [0.25, 0.3) is 5.91 Å². The van der Waals surface area contributed by atoms with Gasteiger partial charge in [-0.2, -0.15) is 0 Å². The van der Waals surface area contributed by atoms with Gasteiger partial charge in [0.15, 0.2) is 22.4 Å². The lowest BCUT2D eigenvalue weighted by Crippen LogP contribution is -2.44. The number of nitrogens with one attached hydrogen (secondary N) is 2. The van der Waals surface area contributed by atoms with Crippen LogP contribution in [0.25, 0.3) is 0 Å². The Morgan fingerprint density at radius 3 is 2.71 bits per heavy atom. The van der Waals surface area contributed by atoms with E-state index in [-0.39, 0.29) is 54.0 Å². The average molecular weight is 524 g/mol. The van der Waals surface area contributed by atoms with Gasteiger partial charge in [-0.3, -0.25) is 4.79 Å². The molecule has 1 unspecified atom stereocenters. The number of carbonyl (C=O) groups excluding carboxylic acids is 1. The number of rotatable bonds is 7. The third-order valence-corrected chi connectivity index (χ3v) is 5.86. The first kappa shape index (κ1) is 24.5. The zero-order valence-electron chi connectivity index (χ0n) is 16.5. The van der Waals surface area contributed by atoms with Gasteiger partial charge in [-0.1, -0.05) is 12.1 Å². The van der Waals surface area contributed by atoms with Gasteiger partial charge in [0.2, 0.25) is 0 Å². The van der Waals surface area contributed by atoms with Crippen LogP contribution in [0.3, 0.4) is 0 Å². The molecule has 1 fully saturated rings. The van der Waals surface area contributed by atoms with Crippen molar-refractivity contribution in [3.05, 3.63) is 29.8 Å². The number of aliphatic imine (C=N–C) groups is 1. The summed E-state index contributed by atoms with van der Waals surface area (Å²) in [5.74, 6) is 1.45. The first-order valence-corrected chi connectivity index (χ1v) is 10.8. The second-order valence-electron chi connectivity index (χ2n) is 6.66. The van der Waals surface area contributed by atoms with E-state index < -0.39 is 9.84 Å². The molecule has 0 radical (unpaired) electrons. The molecule has 1 atom stereocenters. The molecule has 0 spiro atoms. The quantitative estimate of drug-likeness (QED) is 0.314. The Morgan fingerprint density at radius 1 is 1.36 bits per heavy atom. The van der Waals surface area contributed by atoms with E-state index in [1.54, 1.807) is 20.2 Å². The first-order valence-electron chi connectivity index (χ1n) is 8.96. The molecule has 28 heavy (non-hydrogen) atoms. The maximum absolute atomic E-state index is 11.6. The minimum absolute atomic E-state index is 0. The fourth-order valence-electron chi connectivity index (χ4n) is 2.60. The first-order chi connectivity index (χ1) is 12.8. The van der Waals surface area contributed by atoms with Crippen molar-refractivity contribution in [2.24, 2.45) is 4.99 Å². The molecule has 2 N–H and O–H groups in total. The molecule has 8 nitrogen and oxygen atoms in total. The van der Waals surface area contributed by atoms with Crippen LogP contribution < -0.4 is 15.4 Å². The van der Waals surface area contributed by atoms with Crippen LogP contribution in [0.15, 0.2) is 29.3 Å². The highest BCUT2D eigenvalue weighted by Crippen LogP contribution is 2.15. The molecular formula is C18H29IN4O4S. The zero-order valence-corrected chi connectivity index (χ0v) is 19.6. The van der Waals surface area contributed by atoms with E-state index in [1.807, 2.05) is 25.1 Å². The van der Waals surface area contributed by atoms with Crippen molar-refractivity contribution in [3.8, 4) is 5.75 Å². The maximum atomic E-state index is 11.6. The van der Waals surface area contributed by atoms with Gasteiger partial charge in [-0.05, 0) is 31.0 Å². The average Bonchev–Trinajstić information content (AvgIpc) is 2.96. The molecule has 10 heteroatoms. The Morgan fingerprint density at radius 2 is 2.11 bits per heavy atom. The molecular weight excluding hydrogens is 495 g/mol. The van der Waals surface area contributed by atoms with Crippen LogP contribution >= 0.6 is 24.0 Å². The lowest BCUT2D eigenvalue weighted by molar-refractivity contribution is -0.130. The molecule has 158 valence electrons. The van der Waals surface area contributed by atoms with Crippen LogP contribution in [0.4, 0.5) is 0 Å². The zero-order chi connectivity index (χ0) is 19.9. The summed E-state index contributed by atoms with van der Waals surface area (Å²) < 4.78 is 28.7. The van der Waals surface area contributed by atoms with E-state index in [4.69, 9.17) is 4.74 Å². The minimum Gasteiger partial charge on any atom is -0.484 e. The van der Waals surface area contributed by atoms with E-state index in [0.717, 1.165) is 5.56 Å². The number of hydrogen-bond acceptors (Lipinski definition) is 5. The van der Waals surface area contributed by atoms with Crippen molar-refractivity contribution < 1.29 is 17.9 Å². The monoisotopic (exact) mass is 524 g/mol. The third kappa shape index (κ3) is 8.21. The van der Waals surface area contributed by atoms with Gasteiger partial charge in [0.05, 0.1) is 18.1 Å². The van der Waals surface area contributed by atoms with E-state index in [1.165, 1.54) is 4.90 Å². The van der Waals surface area contributed by atoms with Crippen LogP contribution in [0.1, 0.15) is 18.9 Å². The minimum atomic E-state index is -2.94. The number of nitrogens with zero attached hydrogens (tertiary/aromatic N) is 2. The van der Waals surface area contributed by atoms with Crippen molar-refractivity contribution >= 4 is 45.7 Å². The van der Waals surface area contributed by atoms with Crippen LogP contribution in [-0.2, 0) is 21.2 Å². The lowest BCUT2D eigenvalue weighted by Gasteiger charge is -2.16. The molecule has 1 aliphatic heterocycles. The second-order valence-corrected chi connectivity index (χ2v) is 8.89. The number of ether oxygens (including phenoxy) is 1. The van der Waals surface area contributed by atoms with Crippen molar-refractivity contribution in [2.45, 2.75) is 25.9 Å². The number of carbonyl (C=O) groups is 1. The lowest BCUT2D eigenvalue weighted by atomic mass is 10.2. The largest absolute Gasteiger partial charge is 0.484 e. The van der Waals surface area contributed by atoms with Gasteiger partial charge < -0.3 is 20.3 Å². The summed E-state index contributed by atoms with van der Waals surface area (Å²) in [6.45, 7) is 3.04. The van der Waals surface area contributed by atoms with Crippen molar-refractivity contribution in [1.29, 1.82) is 0 Å². The van der Waals surface area contributed by atoms with Crippen LogP contribution in [-0.4, -0.2) is 70.0 Å². The summed E-state index contributed by atoms with van der Waals surface area (Å²) in [6.07, 6.45) is 0.593. The molecule has 0 aliphatic carbocycles. The Labute approximate surface area is 184 Å². The summed E-state index contributed by atoms with van der Waals surface area (Å²) in [6, 6.07) is 7.30. The molecule has 1 aliphatic rings. The highest BCUT2D eigenvalue weighted by Gasteiger charge is 2.28. The van der Waals surface area contributed by atoms with Crippen LogP contribution in [0.5, 0.6) is 5.75 Å². The number of halogens is 1. The maximum Gasteiger partial charge on any atom is 0.259 e. The molecule has 0 bridgehead atoms. The van der Waals surface area contributed by atoms with Crippen molar-refractivity contribution in [1.82, 2.24) is 15.5 Å². The number of amides is 1. The van der Waals surface area contributed by atoms with Crippen LogP contribution in [0, 0.1) is 0 Å². The number of likely N-dealkylation sites (N-methyl/N-ethyl adjacent to an activating group) is 1. The summed E-state index contributed by atoms with van der Waals surface area (Å²) in [5, 5.41) is 6.33. The Kier molecular flexibility index (Phi) is 10.0. The highest BCUT2D eigenvalue weighted by atomic mass is 127. The van der Waals surface area contributed by atoms with Gasteiger partial charge in [-0.25, -0.2) is 13.4 Å². The SMILES string of the molecule is CCNC(=NCc1cccc(OCC(=O)N(C)C)c1)NC1CCS(=O)(=O)C1.I. The number of benzene rings is 1. The molecule has 1 saturated heterocycles. The fraction of sp³-hybridized carbons (Fsp3) is 0.556. The van der Waals surface area contributed by atoms with Gasteiger partial charge in [-0.15, -0.1) is 24.0 Å². The number of hydrogen-bond donors (Lipinski definition) is 2. The molecule has 1 aromatic rings. The molecule has 0 aromatic heterocycles. The van der Waals surface area contributed by atoms with Crippen LogP contribution in [0.2, 0.25) is 0 Å². The number of guanidine groups is 1. The molecule has 2 rings (SSSR count). The predicted octanol–water partition coefficient (Wildman–Crippen LogP) is 1.01. The fourth-order valence-corrected chi connectivity index (χ4v) is 4.27. The molecule has 1 aromatic carbocycles. The summed E-state index contributed by atoms with van der Waals surface area (Å²) in [7, 11) is 0.423. The molecule has 0 saturated carbocycles. The van der Waals surface area contributed by atoms with E-state index >= 15 is 0 Å². The standard InChI is InChI=1S/C18H28N4O4S.HI/c1-4-19-18(21-15-8-9-27(24,25)13-15)20-11-14-6-5-7-16(10-14)26-12-17(23)22(2)3;/h5-7,10,15H,4,8-9,11-13H2,1-3H3,(H2,19,20,21);1H. The highest BCUT2D eigenvalue weighted by molar-refractivity contribution is 14.0. The van der Waals surface area contributed by atoms with E-state index in [2.05, 4.69) is 15.6 Å². The van der Waals surface area contributed by atoms with E-state index in [9.17, 15) is 13.2 Å². The predicted molar refractivity (Wildman–Crippen MR) is 121 cm³/mol. The Bertz CT molecular complexity index is 784. The second kappa shape index (κ2) is 11.4. The summed E-state index contributed by atoms with van der Waals surface area (Å²) in [5.41, 5.74) is 0.932. The molecule has 1 heterocycles.